The van der Waals surface area contributed by atoms with Crippen LogP contribution in [0.2, 0.25) is 5.02 Å². The van der Waals surface area contributed by atoms with Gasteiger partial charge in [0.15, 0.2) is 0 Å². The van der Waals surface area contributed by atoms with Gasteiger partial charge in [-0.3, -0.25) is 4.79 Å². The van der Waals surface area contributed by atoms with E-state index in [1.807, 2.05) is 45.0 Å². The van der Waals surface area contributed by atoms with Gasteiger partial charge in [0.25, 0.3) is 0 Å². The summed E-state index contributed by atoms with van der Waals surface area (Å²) in [6, 6.07) is 7.48. The molecule has 2 N–H and O–H groups in total. The number of nitrogens with zero attached hydrogens (tertiary/aromatic N) is 1. The first kappa shape index (κ1) is 16.0. The molecule has 1 atom stereocenters. The summed E-state index contributed by atoms with van der Waals surface area (Å²) in [6.07, 6.45) is 1.25. The van der Waals surface area contributed by atoms with Crippen molar-refractivity contribution < 1.29 is 4.79 Å². The van der Waals surface area contributed by atoms with Crippen LogP contribution < -0.4 is 5.73 Å². The molecule has 0 fully saturated rings. The van der Waals surface area contributed by atoms with Crippen LogP contribution in [0.1, 0.15) is 45.2 Å². The van der Waals surface area contributed by atoms with Crippen LogP contribution in [-0.4, -0.2) is 23.4 Å². The average molecular weight is 283 g/mol. The first-order valence-corrected chi connectivity index (χ1v) is 7.05. The molecule has 0 bridgehead atoms. The van der Waals surface area contributed by atoms with Crippen molar-refractivity contribution in [3.63, 3.8) is 0 Å². The van der Waals surface area contributed by atoms with E-state index in [0.29, 0.717) is 17.9 Å². The van der Waals surface area contributed by atoms with Crippen molar-refractivity contribution in [2.75, 3.05) is 7.05 Å². The Morgan fingerprint density at radius 3 is 2.37 bits per heavy atom. The van der Waals surface area contributed by atoms with Gasteiger partial charge < -0.3 is 10.6 Å². The van der Waals surface area contributed by atoms with Crippen molar-refractivity contribution >= 4 is 17.5 Å². The van der Waals surface area contributed by atoms with Gasteiger partial charge in [-0.05, 0) is 31.4 Å². The fourth-order valence-electron chi connectivity index (χ4n) is 2.10. The number of carbonyl (C=O) groups is 1. The minimum atomic E-state index is -0.787. The fourth-order valence-corrected chi connectivity index (χ4v) is 2.40. The monoisotopic (exact) mass is 282 g/mol. The lowest BCUT2D eigenvalue weighted by atomic mass is 9.91. The molecule has 0 aromatic heterocycles. The highest BCUT2D eigenvalue weighted by Crippen LogP contribution is 2.28. The molecular weight excluding hydrogens is 260 g/mol. The lowest BCUT2D eigenvalue weighted by Crippen LogP contribution is -2.54. The van der Waals surface area contributed by atoms with E-state index in [1.54, 1.807) is 11.9 Å². The molecule has 0 aliphatic rings. The summed E-state index contributed by atoms with van der Waals surface area (Å²) >= 11 is 6.18. The fraction of sp³-hybridized carbons (Fsp3) is 0.533. The van der Waals surface area contributed by atoms with Gasteiger partial charge in [-0.15, -0.1) is 0 Å². The lowest BCUT2D eigenvalue weighted by molar-refractivity contribution is -0.138. The summed E-state index contributed by atoms with van der Waals surface area (Å²) in [5.41, 5.74) is 6.32. The normalized spacial score (nSPS) is 13.2. The maximum atomic E-state index is 12.5. The number of rotatable bonds is 5. The van der Waals surface area contributed by atoms with Crippen molar-refractivity contribution in [1.82, 2.24) is 4.90 Å². The molecule has 19 heavy (non-hydrogen) atoms. The molecule has 0 spiro atoms. The smallest absolute Gasteiger partial charge is 0.242 e. The third-order valence-electron chi connectivity index (χ3n) is 3.94. The first-order chi connectivity index (χ1) is 8.87. The number of hydrogen-bond donors (Lipinski definition) is 1. The van der Waals surface area contributed by atoms with Crippen LogP contribution in [-0.2, 0) is 4.79 Å². The lowest BCUT2D eigenvalue weighted by Gasteiger charge is -2.34. The third kappa shape index (κ3) is 3.28. The minimum Gasteiger partial charge on any atom is -0.337 e. The Balaban J connectivity index is 2.98. The maximum Gasteiger partial charge on any atom is 0.242 e. The zero-order valence-corrected chi connectivity index (χ0v) is 12.9. The van der Waals surface area contributed by atoms with E-state index in [4.69, 9.17) is 17.3 Å². The van der Waals surface area contributed by atoms with E-state index in [0.717, 1.165) is 5.56 Å². The molecule has 0 radical (unpaired) electrons. The number of halogens is 1. The summed E-state index contributed by atoms with van der Waals surface area (Å²) in [6.45, 7) is 5.84. The second-order valence-electron chi connectivity index (χ2n) is 4.98. The largest absolute Gasteiger partial charge is 0.337 e. The Labute approximate surface area is 120 Å². The van der Waals surface area contributed by atoms with E-state index in [1.165, 1.54) is 0 Å². The Bertz CT molecular complexity index is 444. The highest BCUT2D eigenvalue weighted by Gasteiger charge is 2.34. The molecule has 3 nitrogen and oxygen atoms in total. The molecule has 1 unspecified atom stereocenters. The molecule has 106 valence electrons. The Hall–Kier alpha value is -1.06. The highest BCUT2D eigenvalue weighted by atomic mass is 35.5. The highest BCUT2D eigenvalue weighted by molar-refractivity contribution is 6.31. The molecular formula is C15H23ClN2O. The summed E-state index contributed by atoms with van der Waals surface area (Å²) in [7, 11) is 1.78. The second-order valence-corrected chi connectivity index (χ2v) is 5.38. The number of carbonyl (C=O) groups excluding carboxylic acids is 1. The molecule has 1 amide bonds. The third-order valence-corrected chi connectivity index (χ3v) is 4.29. The Morgan fingerprint density at radius 2 is 1.89 bits per heavy atom. The van der Waals surface area contributed by atoms with Crippen LogP contribution >= 0.6 is 11.6 Å². The van der Waals surface area contributed by atoms with E-state index >= 15 is 0 Å². The van der Waals surface area contributed by atoms with Gasteiger partial charge in [-0.2, -0.15) is 0 Å². The van der Waals surface area contributed by atoms with Gasteiger partial charge in [0.1, 0.15) is 0 Å². The molecule has 0 heterocycles. The van der Waals surface area contributed by atoms with Crippen molar-refractivity contribution in [3.05, 3.63) is 34.9 Å². The maximum absolute atomic E-state index is 12.5. The van der Waals surface area contributed by atoms with Gasteiger partial charge in [-0.25, -0.2) is 0 Å². The van der Waals surface area contributed by atoms with Crippen molar-refractivity contribution in [2.45, 2.75) is 45.2 Å². The van der Waals surface area contributed by atoms with E-state index in [9.17, 15) is 4.79 Å². The molecule has 0 aliphatic heterocycles. The van der Waals surface area contributed by atoms with Gasteiger partial charge >= 0.3 is 0 Å². The van der Waals surface area contributed by atoms with Crippen molar-refractivity contribution in [1.29, 1.82) is 0 Å². The Morgan fingerprint density at radius 1 is 1.37 bits per heavy atom. The molecule has 4 heteroatoms. The number of hydrogen-bond acceptors (Lipinski definition) is 2. The van der Waals surface area contributed by atoms with Crippen LogP contribution in [0.5, 0.6) is 0 Å². The van der Waals surface area contributed by atoms with Gasteiger partial charge in [0.2, 0.25) is 5.91 Å². The van der Waals surface area contributed by atoms with Crippen LogP contribution in [0.4, 0.5) is 0 Å². The molecule has 1 rings (SSSR count). The van der Waals surface area contributed by atoms with E-state index in [-0.39, 0.29) is 11.9 Å². The number of benzene rings is 1. The van der Waals surface area contributed by atoms with E-state index < -0.39 is 5.54 Å². The number of amides is 1. The zero-order valence-electron chi connectivity index (χ0n) is 12.1. The molecule has 1 aromatic rings. The molecule has 0 saturated heterocycles. The summed E-state index contributed by atoms with van der Waals surface area (Å²) in [4.78, 5) is 14.2. The van der Waals surface area contributed by atoms with Gasteiger partial charge in [0.05, 0.1) is 11.6 Å². The quantitative estimate of drug-likeness (QED) is 0.900. The van der Waals surface area contributed by atoms with Gasteiger partial charge in [0, 0.05) is 12.1 Å². The number of nitrogens with two attached hydrogens (primary N) is 1. The van der Waals surface area contributed by atoms with Gasteiger partial charge in [-0.1, -0.05) is 43.6 Å². The predicted octanol–water partition coefficient (Wildman–Crippen LogP) is 3.38. The predicted molar refractivity (Wildman–Crippen MR) is 80.1 cm³/mol. The Kier molecular flexibility index (Phi) is 5.39. The standard InChI is InChI=1S/C15H23ClN2O/c1-5-15(17,6-2)14(19)18(4)11(3)12-9-7-8-10-13(12)16/h7-11H,5-6,17H2,1-4H3. The number of likely N-dealkylation sites (N-methyl/N-ethyl adjacent to an activating group) is 1. The van der Waals surface area contributed by atoms with Crippen LogP contribution in [0, 0.1) is 0 Å². The van der Waals surface area contributed by atoms with E-state index in [2.05, 4.69) is 0 Å². The summed E-state index contributed by atoms with van der Waals surface area (Å²) in [5.74, 6) is -0.0371. The SMILES string of the molecule is CCC(N)(CC)C(=O)N(C)C(C)c1ccccc1Cl. The van der Waals surface area contributed by atoms with Crippen LogP contribution in [0.3, 0.4) is 0 Å². The topological polar surface area (TPSA) is 46.3 Å². The molecule has 1 aromatic carbocycles. The first-order valence-electron chi connectivity index (χ1n) is 6.68. The van der Waals surface area contributed by atoms with Crippen LogP contribution in [0.25, 0.3) is 0 Å². The average Bonchev–Trinajstić information content (AvgIpc) is 2.44. The molecule has 0 saturated carbocycles. The van der Waals surface area contributed by atoms with Crippen molar-refractivity contribution in [3.8, 4) is 0 Å². The summed E-state index contributed by atoms with van der Waals surface area (Å²) < 4.78 is 0. The second kappa shape index (κ2) is 6.40. The van der Waals surface area contributed by atoms with Crippen molar-refractivity contribution in [2.24, 2.45) is 5.73 Å². The zero-order chi connectivity index (χ0) is 14.6. The molecule has 0 aliphatic carbocycles. The summed E-state index contributed by atoms with van der Waals surface area (Å²) in [5, 5.41) is 0.672. The minimum absolute atomic E-state index is 0.0371. The van der Waals surface area contributed by atoms with Crippen LogP contribution in [0.15, 0.2) is 24.3 Å².